The van der Waals surface area contributed by atoms with Gasteiger partial charge in [0.15, 0.2) is 0 Å². The number of amides is 1. The zero-order valence-corrected chi connectivity index (χ0v) is 10.0. The Hall–Kier alpha value is -1.49. The Morgan fingerprint density at radius 2 is 2.53 bits per heavy atom. The van der Waals surface area contributed by atoms with Gasteiger partial charge in [-0.15, -0.1) is 0 Å². The maximum absolute atomic E-state index is 11.8. The van der Waals surface area contributed by atoms with Gasteiger partial charge in [-0.25, -0.2) is 9.97 Å². The molecule has 2 heterocycles. The normalized spacial score (nSPS) is 20.3. The van der Waals surface area contributed by atoms with E-state index < -0.39 is 0 Å². The second-order valence-corrected chi connectivity index (χ2v) is 4.08. The minimum atomic E-state index is -0.118. The summed E-state index contributed by atoms with van der Waals surface area (Å²) >= 11 is 0. The smallest absolute Gasteiger partial charge is 0.222 e. The fourth-order valence-electron chi connectivity index (χ4n) is 1.92. The van der Waals surface area contributed by atoms with E-state index in [1.54, 1.807) is 6.20 Å². The predicted octanol–water partition coefficient (Wildman–Crippen LogP) is 1.18. The monoisotopic (exact) mass is 235 g/mol. The molecule has 0 aromatic carbocycles. The van der Waals surface area contributed by atoms with Crippen molar-refractivity contribution < 1.29 is 9.53 Å². The third-order valence-corrected chi connectivity index (χ3v) is 2.82. The van der Waals surface area contributed by atoms with E-state index in [2.05, 4.69) is 9.97 Å². The molecule has 5 heteroatoms. The van der Waals surface area contributed by atoms with Crippen LogP contribution in [0.5, 0.6) is 0 Å². The summed E-state index contributed by atoms with van der Waals surface area (Å²) in [5.41, 5.74) is 0.842. The highest BCUT2D eigenvalue weighted by atomic mass is 16.5. The van der Waals surface area contributed by atoms with Gasteiger partial charge in [0.05, 0.1) is 18.8 Å². The molecule has 1 aromatic heterocycles. The zero-order valence-electron chi connectivity index (χ0n) is 10.0. The molecule has 1 fully saturated rings. The highest BCUT2D eigenvalue weighted by Crippen LogP contribution is 2.20. The average molecular weight is 235 g/mol. The number of carbonyl (C=O) groups is 1. The van der Waals surface area contributed by atoms with Crippen LogP contribution in [0.15, 0.2) is 18.6 Å². The van der Waals surface area contributed by atoms with Crippen LogP contribution in [-0.2, 0) is 9.53 Å². The molecule has 1 aromatic rings. The van der Waals surface area contributed by atoms with Crippen molar-refractivity contribution in [3.63, 3.8) is 0 Å². The Labute approximate surface area is 101 Å². The van der Waals surface area contributed by atoms with Crippen LogP contribution in [0.3, 0.4) is 0 Å². The molecule has 0 saturated carbocycles. The van der Waals surface area contributed by atoms with Crippen LogP contribution >= 0.6 is 0 Å². The van der Waals surface area contributed by atoms with E-state index in [0.717, 1.165) is 12.1 Å². The molecule has 2 rings (SSSR count). The molecule has 0 N–H and O–H groups in total. The minimum Gasteiger partial charge on any atom is -0.368 e. The molecule has 5 nitrogen and oxygen atoms in total. The highest BCUT2D eigenvalue weighted by Gasteiger charge is 2.25. The Morgan fingerprint density at radius 3 is 3.24 bits per heavy atom. The van der Waals surface area contributed by atoms with Gasteiger partial charge in [-0.1, -0.05) is 6.92 Å². The lowest BCUT2D eigenvalue weighted by Crippen LogP contribution is -2.42. The fraction of sp³-hybridized carbons (Fsp3) is 0.583. The van der Waals surface area contributed by atoms with E-state index in [1.165, 1.54) is 6.33 Å². The second kappa shape index (κ2) is 5.72. The molecule has 17 heavy (non-hydrogen) atoms. The number of hydrogen-bond acceptors (Lipinski definition) is 4. The molecule has 0 radical (unpaired) electrons. The second-order valence-electron chi connectivity index (χ2n) is 4.08. The van der Waals surface area contributed by atoms with Crippen molar-refractivity contribution in [1.29, 1.82) is 0 Å². The number of aromatic nitrogens is 2. The number of rotatable bonds is 3. The molecule has 1 aliphatic heterocycles. The van der Waals surface area contributed by atoms with Crippen molar-refractivity contribution in [1.82, 2.24) is 14.9 Å². The average Bonchev–Trinajstić information content (AvgIpc) is 2.40. The third-order valence-electron chi connectivity index (χ3n) is 2.82. The maximum atomic E-state index is 11.8. The summed E-state index contributed by atoms with van der Waals surface area (Å²) in [6.45, 7) is 3.86. The molecule has 1 unspecified atom stereocenters. The van der Waals surface area contributed by atoms with Gasteiger partial charge in [0, 0.05) is 19.2 Å². The summed E-state index contributed by atoms with van der Waals surface area (Å²) in [6.07, 6.45) is 4.57. The number of ether oxygens (including phenoxy) is 1. The van der Waals surface area contributed by atoms with Gasteiger partial charge >= 0.3 is 0 Å². The lowest BCUT2D eigenvalue weighted by molar-refractivity contribution is -0.139. The van der Waals surface area contributed by atoms with Gasteiger partial charge in [0.2, 0.25) is 5.91 Å². The Kier molecular flexibility index (Phi) is 4.03. The van der Waals surface area contributed by atoms with Crippen molar-refractivity contribution in [3.05, 3.63) is 24.3 Å². The summed E-state index contributed by atoms with van der Waals surface area (Å²) in [4.78, 5) is 21.7. The molecule has 1 saturated heterocycles. The SMILES string of the molecule is CCCC(=O)N1CCOC(c2ccncn2)C1. The first-order valence-corrected chi connectivity index (χ1v) is 5.96. The number of hydrogen-bond donors (Lipinski definition) is 0. The minimum absolute atomic E-state index is 0.118. The van der Waals surface area contributed by atoms with Gasteiger partial charge in [-0.3, -0.25) is 4.79 Å². The van der Waals surface area contributed by atoms with E-state index >= 15 is 0 Å². The van der Waals surface area contributed by atoms with Crippen LogP contribution in [0.4, 0.5) is 0 Å². The predicted molar refractivity (Wildman–Crippen MR) is 62.2 cm³/mol. The van der Waals surface area contributed by atoms with Gasteiger partial charge in [-0.05, 0) is 12.5 Å². The number of morpholine rings is 1. The molecular weight excluding hydrogens is 218 g/mol. The molecule has 1 amide bonds. The molecule has 1 aliphatic rings. The lowest BCUT2D eigenvalue weighted by Gasteiger charge is -2.32. The molecular formula is C12H17N3O2. The summed E-state index contributed by atoms with van der Waals surface area (Å²) < 4.78 is 5.64. The number of carbonyl (C=O) groups excluding carboxylic acids is 1. The third kappa shape index (κ3) is 3.00. The maximum Gasteiger partial charge on any atom is 0.222 e. The van der Waals surface area contributed by atoms with Crippen LogP contribution in [0.2, 0.25) is 0 Å². The molecule has 0 bridgehead atoms. The van der Waals surface area contributed by atoms with Gasteiger partial charge < -0.3 is 9.64 Å². The largest absolute Gasteiger partial charge is 0.368 e. The van der Waals surface area contributed by atoms with Gasteiger partial charge in [-0.2, -0.15) is 0 Å². The Balaban J connectivity index is 2.00. The van der Waals surface area contributed by atoms with Crippen LogP contribution in [0.1, 0.15) is 31.6 Å². The molecule has 0 aliphatic carbocycles. The van der Waals surface area contributed by atoms with Crippen LogP contribution < -0.4 is 0 Å². The van der Waals surface area contributed by atoms with Crippen LogP contribution in [-0.4, -0.2) is 40.5 Å². The Bertz CT molecular complexity index is 369. The van der Waals surface area contributed by atoms with Crippen LogP contribution in [0.25, 0.3) is 0 Å². The number of nitrogens with zero attached hydrogens (tertiary/aromatic N) is 3. The first-order valence-electron chi connectivity index (χ1n) is 5.96. The van der Waals surface area contributed by atoms with Crippen molar-refractivity contribution in [2.24, 2.45) is 0 Å². The summed E-state index contributed by atoms with van der Waals surface area (Å²) in [6, 6.07) is 1.83. The van der Waals surface area contributed by atoms with E-state index in [9.17, 15) is 4.79 Å². The summed E-state index contributed by atoms with van der Waals surface area (Å²) in [5, 5.41) is 0. The summed E-state index contributed by atoms with van der Waals surface area (Å²) in [5.74, 6) is 0.204. The van der Waals surface area contributed by atoms with Gasteiger partial charge in [0.1, 0.15) is 12.4 Å². The van der Waals surface area contributed by atoms with Crippen molar-refractivity contribution in [3.8, 4) is 0 Å². The molecule has 1 atom stereocenters. The van der Waals surface area contributed by atoms with Crippen molar-refractivity contribution >= 4 is 5.91 Å². The van der Waals surface area contributed by atoms with E-state index in [-0.39, 0.29) is 12.0 Å². The zero-order chi connectivity index (χ0) is 12.1. The topological polar surface area (TPSA) is 55.3 Å². The quantitative estimate of drug-likeness (QED) is 0.789. The summed E-state index contributed by atoms with van der Waals surface area (Å²) in [7, 11) is 0. The standard InChI is InChI=1S/C12H17N3O2/c1-2-3-12(16)15-6-7-17-11(8-15)10-4-5-13-9-14-10/h4-5,9,11H,2-3,6-8H2,1H3. The first kappa shape index (κ1) is 12.0. The first-order chi connectivity index (χ1) is 8.31. The molecule has 0 spiro atoms. The van der Waals surface area contributed by atoms with Crippen LogP contribution in [0, 0.1) is 0 Å². The van der Waals surface area contributed by atoms with Crippen molar-refractivity contribution in [2.75, 3.05) is 19.7 Å². The van der Waals surface area contributed by atoms with E-state index in [1.807, 2.05) is 17.9 Å². The van der Waals surface area contributed by atoms with Gasteiger partial charge in [0.25, 0.3) is 0 Å². The Morgan fingerprint density at radius 1 is 1.65 bits per heavy atom. The highest BCUT2D eigenvalue weighted by molar-refractivity contribution is 5.76. The molecule has 92 valence electrons. The van der Waals surface area contributed by atoms with Crippen molar-refractivity contribution in [2.45, 2.75) is 25.9 Å². The van der Waals surface area contributed by atoms with E-state index in [4.69, 9.17) is 4.74 Å². The van der Waals surface area contributed by atoms with E-state index in [0.29, 0.717) is 26.1 Å². The lowest BCUT2D eigenvalue weighted by atomic mass is 10.2. The fourth-order valence-corrected chi connectivity index (χ4v) is 1.92.